The molecule has 3 rings (SSSR count). The maximum atomic E-state index is 15.2. The zero-order chi connectivity index (χ0) is 20.3. The van der Waals surface area contributed by atoms with Crippen LogP contribution >= 0.6 is 27.5 Å². The highest BCUT2D eigenvalue weighted by Gasteiger charge is 2.22. The van der Waals surface area contributed by atoms with E-state index in [1.807, 2.05) is 0 Å². The maximum absolute atomic E-state index is 15.2. The molecule has 148 valence electrons. The smallest absolute Gasteiger partial charge is 0.277 e. The van der Waals surface area contributed by atoms with Gasteiger partial charge in [0.15, 0.2) is 5.82 Å². The first-order chi connectivity index (χ1) is 13.4. The number of nitrogens with one attached hydrogen (secondary N) is 3. The molecule has 0 atom stereocenters. The van der Waals surface area contributed by atoms with E-state index >= 15 is 4.39 Å². The number of nitrogens with zero attached hydrogens (tertiary/aromatic N) is 2. The van der Waals surface area contributed by atoms with Crippen LogP contribution in [0.5, 0.6) is 0 Å². The molecular weight excluding hydrogens is 453 g/mol. The number of aromatic nitrogens is 2. The summed E-state index contributed by atoms with van der Waals surface area (Å²) in [4.78, 5) is 21.9. The number of likely N-dealkylation sites (N-methyl/N-ethyl adjacent to an activating group) is 1. The summed E-state index contributed by atoms with van der Waals surface area (Å²) < 4.78 is 17.6. The van der Waals surface area contributed by atoms with Crippen LogP contribution in [-0.4, -0.2) is 35.7 Å². The lowest BCUT2D eigenvalue weighted by Gasteiger charge is -2.15. The van der Waals surface area contributed by atoms with Crippen LogP contribution in [0, 0.1) is 5.82 Å². The lowest BCUT2D eigenvalue weighted by Crippen LogP contribution is -2.28. The van der Waals surface area contributed by atoms with Gasteiger partial charge in [-0.05, 0) is 31.3 Å². The minimum absolute atomic E-state index is 0.0369. The van der Waals surface area contributed by atoms with E-state index in [-0.39, 0.29) is 23.4 Å². The van der Waals surface area contributed by atoms with Crippen LogP contribution in [-0.2, 0) is 11.9 Å². The Bertz CT molecular complexity index is 1030. The summed E-state index contributed by atoms with van der Waals surface area (Å²) in [5, 5.41) is 6.18. The Labute approximate surface area is 174 Å². The predicted octanol–water partition coefficient (Wildman–Crippen LogP) is 3.75. The van der Waals surface area contributed by atoms with E-state index in [0.717, 1.165) is 4.47 Å². The summed E-state index contributed by atoms with van der Waals surface area (Å²) in [6.45, 7) is 0.814. The van der Waals surface area contributed by atoms with Crippen LogP contribution in [0.1, 0.15) is 10.4 Å². The largest absolute Gasteiger partial charge is 0.351 e. The van der Waals surface area contributed by atoms with Gasteiger partial charge in [0.05, 0.1) is 40.4 Å². The lowest BCUT2D eigenvalue weighted by molar-refractivity contribution is 0.0329. The van der Waals surface area contributed by atoms with Crippen molar-refractivity contribution < 1.29 is 14.0 Å². The molecule has 0 saturated carbocycles. The third-order valence-corrected chi connectivity index (χ3v) is 4.82. The van der Waals surface area contributed by atoms with Crippen LogP contribution in [0.3, 0.4) is 0 Å². The highest BCUT2D eigenvalue weighted by molar-refractivity contribution is 9.10. The molecule has 1 heterocycles. The number of hydrogen-bond donors (Lipinski definition) is 3. The minimum Gasteiger partial charge on any atom is -0.351 e. The summed E-state index contributed by atoms with van der Waals surface area (Å²) in [7, 11) is 3.49. The molecule has 3 aromatic rings. The standard InChI is InChI=1S/C18H18BrClFN5O2/c1-22-5-6-28-25-18(27)11-8-14-17(23-9-26(14)2)15(21)16(11)24-13-4-3-10(19)7-12(13)20/h3-4,7-9,22,24H,5-6H2,1-2H3,(H,25,27). The molecular formula is C18H18BrClFN5O2. The van der Waals surface area contributed by atoms with Crippen molar-refractivity contribution in [3.05, 3.63) is 51.5 Å². The number of amides is 1. The highest BCUT2D eigenvalue weighted by Crippen LogP contribution is 2.34. The summed E-state index contributed by atoms with van der Waals surface area (Å²) in [5.74, 6) is -1.24. The monoisotopic (exact) mass is 469 g/mol. The number of hydroxylamine groups is 1. The van der Waals surface area contributed by atoms with Gasteiger partial charge in [-0.25, -0.2) is 14.9 Å². The maximum Gasteiger partial charge on any atom is 0.277 e. The van der Waals surface area contributed by atoms with Gasteiger partial charge in [-0.3, -0.25) is 9.63 Å². The lowest BCUT2D eigenvalue weighted by atomic mass is 10.1. The van der Waals surface area contributed by atoms with E-state index < -0.39 is 11.7 Å². The van der Waals surface area contributed by atoms with Crippen LogP contribution in [0.15, 0.2) is 35.1 Å². The Kier molecular flexibility index (Phi) is 6.50. The number of carbonyl (C=O) groups excluding carboxylic acids is 1. The molecule has 3 N–H and O–H groups in total. The molecule has 7 nitrogen and oxygen atoms in total. The van der Waals surface area contributed by atoms with Crippen molar-refractivity contribution in [2.45, 2.75) is 0 Å². The van der Waals surface area contributed by atoms with Gasteiger partial charge in [0.1, 0.15) is 5.52 Å². The van der Waals surface area contributed by atoms with Gasteiger partial charge < -0.3 is 15.2 Å². The average molecular weight is 471 g/mol. The van der Waals surface area contributed by atoms with E-state index in [9.17, 15) is 4.79 Å². The summed E-state index contributed by atoms with van der Waals surface area (Å²) in [5.41, 5.74) is 3.43. The highest BCUT2D eigenvalue weighted by atomic mass is 79.9. The van der Waals surface area contributed by atoms with E-state index in [1.54, 1.807) is 42.9 Å². The number of hydrogen-bond acceptors (Lipinski definition) is 5. The molecule has 10 heteroatoms. The molecule has 2 aromatic carbocycles. The first-order valence-electron chi connectivity index (χ1n) is 8.34. The minimum atomic E-state index is -0.655. The summed E-state index contributed by atoms with van der Waals surface area (Å²) in [6.07, 6.45) is 1.48. The number of aryl methyl sites for hydroxylation is 1. The number of imidazole rings is 1. The van der Waals surface area contributed by atoms with Crippen molar-refractivity contribution >= 4 is 55.8 Å². The van der Waals surface area contributed by atoms with Gasteiger partial charge in [-0.2, -0.15) is 0 Å². The SMILES string of the molecule is CNCCONC(=O)c1cc2c(ncn2C)c(F)c1Nc1ccc(Br)cc1Cl. The van der Waals surface area contributed by atoms with Gasteiger partial charge in [0.2, 0.25) is 0 Å². The number of rotatable bonds is 7. The molecule has 0 aliphatic rings. The van der Waals surface area contributed by atoms with Crippen molar-refractivity contribution in [2.75, 3.05) is 25.5 Å². The van der Waals surface area contributed by atoms with Crippen molar-refractivity contribution in [2.24, 2.45) is 7.05 Å². The second-order valence-electron chi connectivity index (χ2n) is 5.97. The molecule has 0 spiro atoms. The zero-order valence-corrected chi connectivity index (χ0v) is 17.5. The quantitative estimate of drug-likeness (QED) is 0.362. The van der Waals surface area contributed by atoms with Crippen LogP contribution < -0.4 is 16.1 Å². The Morgan fingerprint density at radius 2 is 2.18 bits per heavy atom. The van der Waals surface area contributed by atoms with Gasteiger partial charge in [0, 0.05) is 18.1 Å². The fourth-order valence-electron chi connectivity index (χ4n) is 2.58. The number of carbonyl (C=O) groups is 1. The molecule has 0 fully saturated rings. The van der Waals surface area contributed by atoms with Crippen molar-refractivity contribution in [3.8, 4) is 0 Å². The van der Waals surface area contributed by atoms with Crippen molar-refractivity contribution in [3.63, 3.8) is 0 Å². The fourth-order valence-corrected chi connectivity index (χ4v) is 3.30. The molecule has 0 unspecified atom stereocenters. The van der Waals surface area contributed by atoms with E-state index in [4.69, 9.17) is 16.4 Å². The number of fused-ring (bicyclic) bond motifs is 1. The zero-order valence-electron chi connectivity index (χ0n) is 15.1. The Morgan fingerprint density at radius 3 is 2.89 bits per heavy atom. The van der Waals surface area contributed by atoms with Crippen LogP contribution in [0.2, 0.25) is 5.02 Å². The molecule has 0 saturated heterocycles. The molecule has 0 radical (unpaired) electrons. The third kappa shape index (κ3) is 4.27. The van der Waals surface area contributed by atoms with Gasteiger partial charge in [-0.1, -0.05) is 27.5 Å². The van der Waals surface area contributed by atoms with Gasteiger partial charge in [-0.15, -0.1) is 0 Å². The Hall–Kier alpha value is -2.20. The molecule has 1 aromatic heterocycles. The van der Waals surface area contributed by atoms with Crippen molar-refractivity contribution in [1.82, 2.24) is 20.3 Å². The molecule has 0 bridgehead atoms. The van der Waals surface area contributed by atoms with Gasteiger partial charge >= 0.3 is 0 Å². The van der Waals surface area contributed by atoms with Gasteiger partial charge in [0.25, 0.3) is 5.91 Å². The molecule has 1 amide bonds. The van der Waals surface area contributed by atoms with Crippen LogP contribution in [0.25, 0.3) is 11.0 Å². The Morgan fingerprint density at radius 1 is 1.39 bits per heavy atom. The van der Waals surface area contributed by atoms with Crippen LogP contribution in [0.4, 0.5) is 15.8 Å². The molecule has 0 aliphatic heterocycles. The number of benzene rings is 2. The van der Waals surface area contributed by atoms with E-state index in [0.29, 0.717) is 22.8 Å². The van der Waals surface area contributed by atoms with E-state index in [1.165, 1.54) is 6.33 Å². The van der Waals surface area contributed by atoms with E-state index in [2.05, 4.69) is 37.0 Å². The average Bonchev–Trinajstić information content (AvgIpc) is 3.03. The summed E-state index contributed by atoms with van der Waals surface area (Å²) >= 11 is 9.56. The first kappa shape index (κ1) is 20.5. The fraction of sp³-hybridized carbons (Fsp3) is 0.222. The number of anilines is 2. The number of halogens is 3. The topological polar surface area (TPSA) is 80.2 Å². The van der Waals surface area contributed by atoms with Crippen molar-refractivity contribution in [1.29, 1.82) is 0 Å². The Balaban J connectivity index is 2.03. The third-order valence-electron chi connectivity index (χ3n) is 4.01. The summed E-state index contributed by atoms with van der Waals surface area (Å²) in [6, 6.07) is 6.66. The molecule has 0 aliphatic carbocycles. The molecule has 28 heavy (non-hydrogen) atoms. The second-order valence-corrected chi connectivity index (χ2v) is 7.29. The first-order valence-corrected chi connectivity index (χ1v) is 9.51. The normalized spacial score (nSPS) is 11.0. The second kappa shape index (κ2) is 8.87. The predicted molar refractivity (Wildman–Crippen MR) is 110 cm³/mol.